The van der Waals surface area contributed by atoms with Crippen molar-refractivity contribution in [2.45, 2.75) is 38.6 Å². The standard InChI is InChI=1S/C15H22N2O3/c1-3-7-15(2,16)14(18)17-11-5-6-12-13(10-11)20-9-4-8-19-12/h5-6,10H,3-4,7-9,16H2,1-2H3,(H,17,18). The van der Waals surface area contributed by atoms with E-state index in [1.807, 2.05) is 13.0 Å². The lowest BCUT2D eigenvalue weighted by atomic mass is 9.96. The minimum absolute atomic E-state index is 0.186. The molecule has 0 fully saturated rings. The molecule has 0 aliphatic carbocycles. The van der Waals surface area contributed by atoms with E-state index in [4.69, 9.17) is 15.2 Å². The highest BCUT2D eigenvalue weighted by Gasteiger charge is 2.27. The number of benzene rings is 1. The molecule has 1 heterocycles. The van der Waals surface area contributed by atoms with Gasteiger partial charge in [-0.3, -0.25) is 4.79 Å². The summed E-state index contributed by atoms with van der Waals surface area (Å²) in [6.45, 7) is 5.02. The van der Waals surface area contributed by atoms with Gasteiger partial charge >= 0.3 is 0 Å². The van der Waals surface area contributed by atoms with Gasteiger partial charge in [-0.15, -0.1) is 0 Å². The summed E-state index contributed by atoms with van der Waals surface area (Å²) < 4.78 is 11.1. The minimum atomic E-state index is -0.862. The van der Waals surface area contributed by atoms with Crippen LogP contribution in [-0.4, -0.2) is 24.7 Å². The smallest absolute Gasteiger partial charge is 0.244 e. The van der Waals surface area contributed by atoms with E-state index in [1.54, 1.807) is 19.1 Å². The van der Waals surface area contributed by atoms with Crippen molar-refractivity contribution in [3.63, 3.8) is 0 Å². The van der Waals surface area contributed by atoms with Crippen molar-refractivity contribution in [1.82, 2.24) is 0 Å². The molecule has 0 aromatic heterocycles. The van der Waals surface area contributed by atoms with Crippen LogP contribution in [0.25, 0.3) is 0 Å². The molecule has 1 aromatic carbocycles. The fourth-order valence-electron chi connectivity index (χ4n) is 2.15. The second-order valence-corrected chi connectivity index (χ2v) is 5.33. The second-order valence-electron chi connectivity index (χ2n) is 5.33. The predicted molar refractivity (Wildman–Crippen MR) is 78.2 cm³/mol. The van der Waals surface area contributed by atoms with Crippen molar-refractivity contribution < 1.29 is 14.3 Å². The van der Waals surface area contributed by atoms with E-state index >= 15 is 0 Å². The third-order valence-corrected chi connectivity index (χ3v) is 3.29. The predicted octanol–water partition coefficient (Wildman–Crippen LogP) is 2.30. The van der Waals surface area contributed by atoms with Crippen LogP contribution in [0.3, 0.4) is 0 Å². The molecule has 2 rings (SSSR count). The molecule has 5 heteroatoms. The van der Waals surface area contributed by atoms with Crippen LogP contribution in [0.2, 0.25) is 0 Å². The summed E-state index contributed by atoms with van der Waals surface area (Å²) in [6, 6.07) is 5.39. The number of anilines is 1. The molecule has 0 saturated carbocycles. The van der Waals surface area contributed by atoms with Crippen LogP contribution in [0, 0.1) is 0 Å². The van der Waals surface area contributed by atoms with E-state index in [9.17, 15) is 4.79 Å². The molecule has 0 saturated heterocycles. The Hall–Kier alpha value is -1.75. The molecule has 0 bridgehead atoms. The Balaban J connectivity index is 2.10. The average molecular weight is 278 g/mol. The van der Waals surface area contributed by atoms with Crippen LogP contribution in [0.15, 0.2) is 18.2 Å². The number of rotatable bonds is 4. The van der Waals surface area contributed by atoms with Crippen LogP contribution in [0.5, 0.6) is 11.5 Å². The summed E-state index contributed by atoms with van der Waals surface area (Å²) in [4.78, 5) is 12.2. The average Bonchev–Trinajstić information content (AvgIpc) is 2.63. The molecule has 1 aliphatic heterocycles. The maximum Gasteiger partial charge on any atom is 0.244 e. The van der Waals surface area contributed by atoms with E-state index < -0.39 is 5.54 Å². The third-order valence-electron chi connectivity index (χ3n) is 3.29. The monoisotopic (exact) mass is 278 g/mol. The van der Waals surface area contributed by atoms with Crippen LogP contribution in [-0.2, 0) is 4.79 Å². The molecule has 0 radical (unpaired) electrons. The summed E-state index contributed by atoms with van der Waals surface area (Å²) >= 11 is 0. The number of hydrogen-bond acceptors (Lipinski definition) is 4. The van der Waals surface area contributed by atoms with Gasteiger partial charge in [0.2, 0.25) is 5.91 Å². The SMILES string of the molecule is CCCC(C)(N)C(=O)Nc1ccc2c(c1)OCCCO2. The van der Waals surface area contributed by atoms with Gasteiger partial charge < -0.3 is 20.5 Å². The summed E-state index contributed by atoms with van der Waals surface area (Å²) in [6.07, 6.45) is 2.36. The van der Waals surface area contributed by atoms with Crippen LogP contribution in [0.4, 0.5) is 5.69 Å². The van der Waals surface area contributed by atoms with E-state index in [2.05, 4.69) is 5.32 Å². The van der Waals surface area contributed by atoms with Gasteiger partial charge in [-0.1, -0.05) is 13.3 Å². The van der Waals surface area contributed by atoms with Crippen molar-refractivity contribution in [1.29, 1.82) is 0 Å². The van der Waals surface area contributed by atoms with E-state index in [-0.39, 0.29) is 5.91 Å². The third kappa shape index (κ3) is 3.42. The van der Waals surface area contributed by atoms with Gasteiger partial charge in [-0.05, 0) is 25.5 Å². The zero-order chi connectivity index (χ0) is 14.6. The highest BCUT2D eigenvalue weighted by molar-refractivity contribution is 5.97. The zero-order valence-corrected chi connectivity index (χ0v) is 12.1. The first kappa shape index (κ1) is 14.7. The van der Waals surface area contributed by atoms with E-state index in [0.717, 1.165) is 12.8 Å². The lowest BCUT2D eigenvalue weighted by Gasteiger charge is -2.23. The maximum atomic E-state index is 12.2. The molecule has 5 nitrogen and oxygen atoms in total. The first-order valence-corrected chi connectivity index (χ1v) is 7.03. The van der Waals surface area contributed by atoms with Gasteiger partial charge in [0.05, 0.1) is 18.8 Å². The summed E-state index contributed by atoms with van der Waals surface area (Å²) in [5.74, 6) is 1.19. The van der Waals surface area contributed by atoms with E-state index in [0.29, 0.717) is 36.8 Å². The number of amides is 1. The molecule has 1 aliphatic rings. The Labute approximate surface area is 119 Å². The van der Waals surface area contributed by atoms with Crippen LogP contribution in [0.1, 0.15) is 33.1 Å². The molecule has 1 amide bonds. The Kier molecular flexibility index (Phi) is 4.49. The molecular weight excluding hydrogens is 256 g/mol. The van der Waals surface area contributed by atoms with Gasteiger partial charge in [-0.25, -0.2) is 0 Å². The molecule has 1 unspecified atom stereocenters. The number of carbonyl (C=O) groups excluding carboxylic acids is 1. The Bertz CT molecular complexity index is 486. The van der Waals surface area contributed by atoms with Crippen molar-refractivity contribution >= 4 is 11.6 Å². The normalized spacial score (nSPS) is 16.9. The lowest BCUT2D eigenvalue weighted by Crippen LogP contribution is -2.48. The van der Waals surface area contributed by atoms with Gasteiger partial charge in [-0.2, -0.15) is 0 Å². The number of hydrogen-bond donors (Lipinski definition) is 2. The molecule has 110 valence electrons. The first-order valence-electron chi connectivity index (χ1n) is 7.03. The van der Waals surface area contributed by atoms with Crippen molar-refractivity contribution in [2.75, 3.05) is 18.5 Å². The largest absolute Gasteiger partial charge is 0.490 e. The van der Waals surface area contributed by atoms with Gasteiger partial charge in [0, 0.05) is 18.2 Å². The van der Waals surface area contributed by atoms with Crippen molar-refractivity contribution in [2.24, 2.45) is 5.73 Å². The Morgan fingerprint density at radius 1 is 1.35 bits per heavy atom. The van der Waals surface area contributed by atoms with Gasteiger partial charge in [0.1, 0.15) is 0 Å². The number of ether oxygens (including phenoxy) is 2. The van der Waals surface area contributed by atoms with Gasteiger partial charge in [0.25, 0.3) is 0 Å². The quantitative estimate of drug-likeness (QED) is 0.886. The number of fused-ring (bicyclic) bond motifs is 1. The van der Waals surface area contributed by atoms with Crippen molar-refractivity contribution in [3.05, 3.63) is 18.2 Å². The topological polar surface area (TPSA) is 73.6 Å². The summed E-state index contributed by atoms with van der Waals surface area (Å²) in [5.41, 5.74) is 5.82. The highest BCUT2D eigenvalue weighted by atomic mass is 16.5. The Morgan fingerprint density at radius 3 is 2.75 bits per heavy atom. The maximum absolute atomic E-state index is 12.2. The molecule has 3 N–H and O–H groups in total. The summed E-state index contributed by atoms with van der Waals surface area (Å²) in [7, 11) is 0. The van der Waals surface area contributed by atoms with Crippen molar-refractivity contribution in [3.8, 4) is 11.5 Å². The molecule has 1 aromatic rings. The fraction of sp³-hybridized carbons (Fsp3) is 0.533. The molecule has 1 atom stereocenters. The van der Waals surface area contributed by atoms with Crippen LogP contribution < -0.4 is 20.5 Å². The highest BCUT2D eigenvalue weighted by Crippen LogP contribution is 2.32. The lowest BCUT2D eigenvalue weighted by molar-refractivity contribution is -0.120. The van der Waals surface area contributed by atoms with Gasteiger partial charge in [0.15, 0.2) is 11.5 Å². The first-order chi connectivity index (χ1) is 9.53. The Morgan fingerprint density at radius 2 is 2.05 bits per heavy atom. The zero-order valence-electron chi connectivity index (χ0n) is 12.1. The number of nitrogens with one attached hydrogen (secondary N) is 1. The second kappa shape index (κ2) is 6.13. The fourth-order valence-corrected chi connectivity index (χ4v) is 2.15. The van der Waals surface area contributed by atoms with Crippen LogP contribution >= 0.6 is 0 Å². The molecular formula is C15H22N2O3. The van der Waals surface area contributed by atoms with E-state index in [1.165, 1.54) is 0 Å². The number of carbonyl (C=O) groups is 1. The molecule has 20 heavy (non-hydrogen) atoms. The molecule has 0 spiro atoms. The summed E-state index contributed by atoms with van der Waals surface area (Å²) in [5, 5.41) is 2.84. The minimum Gasteiger partial charge on any atom is -0.490 e. The number of nitrogens with two attached hydrogens (primary N) is 1.